The lowest BCUT2D eigenvalue weighted by Crippen LogP contribution is -2.50. The molecule has 1 aliphatic heterocycles. The first-order valence-corrected chi connectivity index (χ1v) is 11.7. The molecule has 2 aromatic carbocycles. The van der Waals surface area contributed by atoms with Crippen LogP contribution in [0.2, 0.25) is 0 Å². The molecule has 2 heterocycles. The van der Waals surface area contributed by atoms with E-state index in [2.05, 4.69) is 4.98 Å². The number of non-ortho nitro benzene ring substituents is 1. The predicted molar refractivity (Wildman–Crippen MR) is 119 cm³/mol. The first-order chi connectivity index (χ1) is 15.8. The molecule has 33 heavy (non-hydrogen) atoms. The van der Waals surface area contributed by atoms with Crippen LogP contribution in [0.1, 0.15) is 11.5 Å². The molecule has 1 fully saturated rings. The number of hydrogen-bond donors (Lipinski definition) is 0. The van der Waals surface area contributed by atoms with Crippen molar-refractivity contribution < 1.29 is 22.6 Å². The summed E-state index contributed by atoms with van der Waals surface area (Å²) < 4.78 is 32.7. The maximum Gasteiger partial charge on any atom is 0.269 e. The van der Waals surface area contributed by atoms with Crippen molar-refractivity contribution in [3.63, 3.8) is 0 Å². The van der Waals surface area contributed by atoms with Crippen molar-refractivity contribution in [2.75, 3.05) is 26.2 Å². The fourth-order valence-electron chi connectivity index (χ4n) is 3.62. The van der Waals surface area contributed by atoms with Gasteiger partial charge in [-0.3, -0.25) is 14.9 Å². The number of sulfonamides is 1. The molecule has 1 amide bonds. The molecular weight excluding hydrogens is 448 g/mol. The molecule has 0 radical (unpaired) electrons. The Morgan fingerprint density at radius 2 is 1.70 bits per heavy atom. The van der Waals surface area contributed by atoms with Crippen LogP contribution in [0.25, 0.3) is 11.5 Å². The van der Waals surface area contributed by atoms with Gasteiger partial charge in [-0.2, -0.15) is 4.31 Å². The number of nitrogens with zero attached hydrogens (tertiary/aromatic N) is 4. The van der Waals surface area contributed by atoms with Crippen LogP contribution in [0.5, 0.6) is 0 Å². The number of benzene rings is 2. The minimum atomic E-state index is -3.80. The Labute approximate surface area is 190 Å². The number of amides is 1. The summed E-state index contributed by atoms with van der Waals surface area (Å²) >= 11 is 0. The SMILES string of the molecule is Cc1oc(-c2ccccc2)nc1CC(=O)N1CCN(S(=O)(=O)c2ccc([N+](=O)[O-])cc2)CC1. The van der Waals surface area contributed by atoms with Crippen LogP contribution in [0.15, 0.2) is 63.9 Å². The quantitative estimate of drug-likeness (QED) is 0.400. The number of nitro groups is 1. The van der Waals surface area contributed by atoms with Crippen LogP contribution in [-0.4, -0.2) is 59.6 Å². The Morgan fingerprint density at radius 1 is 1.06 bits per heavy atom. The van der Waals surface area contributed by atoms with Crippen LogP contribution in [0.3, 0.4) is 0 Å². The Balaban J connectivity index is 1.38. The van der Waals surface area contributed by atoms with Gasteiger partial charge in [0.15, 0.2) is 0 Å². The molecule has 3 aromatic rings. The normalized spacial score (nSPS) is 14.9. The standard InChI is InChI=1S/C22H22N4O6S/c1-16-20(23-22(32-16)17-5-3-2-4-6-17)15-21(27)24-11-13-25(14-12-24)33(30,31)19-9-7-18(8-10-19)26(28)29/h2-10H,11-15H2,1H3. The number of rotatable bonds is 6. The summed E-state index contributed by atoms with van der Waals surface area (Å²) in [6, 6.07) is 14.2. The van der Waals surface area contributed by atoms with Crippen molar-refractivity contribution in [3.05, 3.63) is 76.2 Å². The van der Waals surface area contributed by atoms with Gasteiger partial charge < -0.3 is 9.32 Å². The zero-order valence-electron chi connectivity index (χ0n) is 17.9. The highest BCUT2D eigenvalue weighted by atomic mass is 32.2. The predicted octanol–water partition coefficient (Wildman–Crippen LogP) is 2.63. The molecule has 0 saturated carbocycles. The molecule has 11 heteroatoms. The number of nitro benzene ring substituents is 1. The molecule has 1 saturated heterocycles. The van der Waals surface area contributed by atoms with Crippen LogP contribution < -0.4 is 0 Å². The van der Waals surface area contributed by atoms with Gasteiger partial charge in [-0.1, -0.05) is 18.2 Å². The molecule has 10 nitrogen and oxygen atoms in total. The first kappa shape index (κ1) is 22.6. The zero-order valence-corrected chi connectivity index (χ0v) is 18.7. The van der Waals surface area contributed by atoms with Gasteiger partial charge >= 0.3 is 0 Å². The second-order valence-electron chi connectivity index (χ2n) is 7.60. The Kier molecular flexibility index (Phi) is 6.25. The summed E-state index contributed by atoms with van der Waals surface area (Å²) in [6.45, 7) is 2.52. The van der Waals surface area contributed by atoms with Crippen LogP contribution in [0.4, 0.5) is 5.69 Å². The topological polar surface area (TPSA) is 127 Å². The number of carbonyl (C=O) groups is 1. The van der Waals surface area contributed by atoms with Gasteiger partial charge in [0.1, 0.15) is 5.76 Å². The van der Waals surface area contributed by atoms with Gasteiger partial charge in [-0.05, 0) is 31.2 Å². The van der Waals surface area contributed by atoms with E-state index < -0.39 is 14.9 Å². The highest BCUT2D eigenvalue weighted by Crippen LogP contribution is 2.23. The van der Waals surface area contributed by atoms with E-state index in [1.165, 1.54) is 16.4 Å². The molecule has 0 spiro atoms. The molecule has 0 unspecified atom stereocenters. The first-order valence-electron chi connectivity index (χ1n) is 10.3. The molecule has 1 aliphatic rings. The van der Waals surface area contributed by atoms with Gasteiger partial charge in [0.05, 0.1) is 21.9 Å². The monoisotopic (exact) mass is 470 g/mol. The maximum atomic E-state index is 12.8. The van der Waals surface area contributed by atoms with Gasteiger partial charge in [0.25, 0.3) is 5.69 Å². The second-order valence-corrected chi connectivity index (χ2v) is 9.54. The lowest BCUT2D eigenvalue weighted by Gasteiger charge is -2.34. The van der Waals surface area contributed by atoms with E-state index in [-0.39, 0.29) is 49.1 Å². The third-order valence-corrected chi connectivity index (χ3v) is 7.42. The minimum Gasteiger partial charge on any atom is -0.441 e. The van der Waals surface area contributed by atoms with E-state index in [9.17, 15) is 23.3 Å². The molecule has 172 valence electrons. The number of piperazine rings is 1. The van der Waals surface area contributed by atoms with Gasteiger partial charge in [0, 0.05) is 43.9 Å². The van der Waals surface area contributed by atoms with Crippen molar-refractivity contribution >= 4 is 21.6 Å². The molecule has 0 aliphatic carbocycles. The van der Waals surface area contributed by atoms with E-state index in [1.54, 1.807) is 11.8 Å². The Morgan fingerprint density at radius 3 is 2.30 bits per heavy atom. The number of carbonyl (C=O) groups excluding carboxylic acids is 1. The molecule has 0 N–H and O–H groups in total. The van der Waals surface area contributed by atoms with E-state index >= 15 is 0 Å². The average molecular weight is 471 g/mol. The fraction of sp³-hybridized carbons (Fsp3) is 0.273. The smallest absolute Gasteiger partial charge is 0.269 e. The summed E-state index contributed by atoms with van der Waals surface area (Å²) in [5.74, 6) is 0.870. The largest absolute Gasteiger partial charge is 0.441 e. The van der Waals surface area contributed by atoms with Crippen LogP contribution in [-0.2, 0) is 21.2 Å². The zero-order chi connectivity index (χ0) is 23.6. The van der Waals surface area contributed by atoms with Gasteiger partial charge in [-0.25, -0.2) is 13.4 Å². The molecule has 1 aromatic heterocycles. The molecule has 0 bridgehead atoms. The maximum absolute atomic E-state index is 12.8. The summed E-state index contributed by atoms with van der Waals surface area (Å²) in [7, 11) is -3.80. The fourth-order valence-corrected chi connectivity index (χ4v) is 5.04. The molecular formula is C22H22N4O6S. The third-order valence-electron chi connectivity index (χ3n) is 5.51. The Bertz CT molecular complexity index is 1260. The summed E-state index contributed by atoms with van der Waals surface area (Å²) in [5, 5.41) is 10.8. The van der Waals surface area contributed by atoms with Crippen molar-refractivity contribution in [1.29, 1.82) is 0 Å². The van der Waals surface area contributed by atoms with Crippen molar-refractivity contribution in [2.24, 2.45) is 0 Å². The van der Waals surface area contributed by atoms with E-state index in [0.717, 1.165) is 17.7 Å². The van der Waals surface area contributed by atoms with Crippen molar-refractivity contribution in [2.45, 2.75) is 18.2 Å². The van der Waals surface area contributed by atoms with E-state index in [0.29, 0.717) is 17.3 Å². The number of oxazole rings is 1. The van der Waals surface area contributed by atoms with Gasteiger partial charge in [-0.15, -0.1) is 0 Å². The van der Waals surface area contributed by atoms with Gasteiger partial charge in [0.2, 0.25) is 21.8 Å². The third kappa shape index (κ3) is 4.78. The number of hydrogen-bond acceptors (Lipinski definition) is 7. The van der Waals surface area contributed by atoms with Crippen LogP contribution in [0, 0.1) is 17.0 Å². The van der Waals surface area contributed by atoms with E-state index in [4.69, 9.17) is 4.42 Å². The molecule has 4 rings (SSSR count). The number of aryl methyl sites for hydroxylation is 1. The summed E-state index contributed by atoms with van der Waals surface area (Å²) in [4.78, 5) is 29.1. The highest BCUT2D eigenvalue weighted by molar-refractivity contribution is 7.89. The number of aromatic nitrogens is 1. The Hall–Kier alpha value is -3.57. The molecule has 0 atom stereocenters. The highest BCUT2D eigenvalue weighted by Gasteiger charge is 2.31. The van der Waals surface area contributed by atoms with Crippen molar-refractivity contribution in [1.82, 2.24) is 14.2 Å². The van der Waals surface area contributed by atoms with Crippen LogP contribution >= 0.6 is 0 Å². The average Bonchev–Trinajstić information content (AvgIpc) is 3.19. The van der Waals surface area contributed by atoms with Crippen molar-refractivity contribution in [3.8, 4) is 11.5 Å². The summed E-state index contributed by atoms with van der Waals surface area (Å²) in [5.41, 5.74) is 1.20. The van der Waals surface area contributed by atoms with E-state index in [1.807, 2.05) is 30.3 Å². The lowest BCUT2D eigenvalue weighted by atomic mass is 10.2. The summed E-state index contributed by atoms with van der Waals surface area (Å²) in [6.07, 6.45) is 0.0667. The second kappa shape index (κ2) is 9.12. The minimum absolute atomic E-state index is 0.0143. The lowest BCUT2D eigenvalue weighted by molar-refractivity contribution is -0.384.